The summed E-state index contributed by atoms with van der Waals surface area (Å²) in [5, 5.41) is 13.2. The van der Waals surface area contributed by atoms with Gasteiger partial charge in [0.05, 0.1) is 19.7 Å². The molecule has 2 N–H and O–H groups in total. The SMILES string of the molecule is COc1ccc(CN2C(=O)[C@H](N[C@@H](CCC3CCCCC3)C(=O)O)CCc3ccccc32)cc1. The molecule has 2 aromatic carbocycles. The molecule has 0 unspecified atom stereocenters. The van der Waals surface area contributed by atoms with Gasteiger partial charge in [-0.15, -0.1) is 0 Å². The zero-order valence-electron chi connectivity index (χ0n) is 20.0. The molecule has 182 valence electrons. The second kappa shape index (κ2) is 11.5. The number of hydrogen-bond donors (Lipinski definition) is 2. The molecule has 2 aromatic rings. The number of anilines is 1. The normalized spacial score (nSPS) is 19.9. The van der Waals surface area contributed by atoms with Gasteiger partial charge in [0.1, 0.15) is 11.8 Å². The van der Waals surface area contributed by atoms with Gasteiger partial charge in [-0.2, -0.15) is 0 Å². The van der Waals surface area contributed by atoms with Crippen molar-refractivity contribution in [3.8, 4) is 5.75 Å². The molecule has 6 nitrogen and oxygen atoms in total. The fraction of sp³-hybridized carbons (Fsp3) is 0.500. The largest absolute Gasteiger partial charge is 0.497 e. The number of fused-ring (bicyclic) bond motifs is 1. The van der Waals surface area contributed by atoms with Crippen LogP contribution in [0, 0.1) is 5.92 Å². The lowest BCUT2D eigenvalue weighted by Gasteiger charge is -2.29. The molecule has 1 heterocycles. The number of ether oxygens (including phenoxy) is 1. The zero-order valence-corrected chi connectivity index (χ0v) is 20.0. The van der Waals surface area contributed by atoms with Crippen molar-refractivity contribution in [3.05, 3.63) is 59.7 Å². The van der Waals surface area contributed by atoms with Crippen molar-refractivity contribution in [1.29, 1.82) is 0 Å². The first-order chi connectivity index (χ1) is 16.5. The molecular formula is C28H36N2O4. The maximum Gasteiger partial charge on any atom is 0.320 e. The fourth-order valence-corrected chi connectivity index (χ4v) is 5.35. The van der Waals surface area contributed by atoms with Crippen molar-refractivity contribution in [2.24, 2.45) is 5.92 Å². The number of carboxylic acid groups (broad SMARTS) is 1. The minimum atomic E-state index is -0.868. The van der Waals surface area contributed by atoms with Crippen LogP contribution in [0.25, 0.3) is 0 Å². The van der Waals surface area contributed by atoms with Gasteiger partial charge in [-0.3, -0.25) is 14.9 Å². The number of para-hydroxylation sites is 1. The smallest absolute Gasteiger partial charge is 0.320 e. The second-order valence-electron chi connectivity index (χ2n) is 9.63. The quantitative estimate of drug-likeness (QED) is 0.549. The summed E-state index contributed by atoms with van der Waals surface area (Å²) in [7, 11) is 1.63. The Bertz CT molecular complexity index is 969. The molecule has 0 saturated heterocycles. The van der Waals surface area contributed by atoms with Crippen LogP contribution in [0.3, 0.4) is 0 Å². The molecule has 1 amide bonds. The average Bonchev–Trinajstić information content (AvgIpc) is 2.99. The van der Waals surface area contributed by atoms with Crippen LogP contribution in [-0.2, 0) is 22.6 Å². The van der Waals surface area contributed by atoms with Crippen LogP contribution in [0.15, 0.2) is 48.5 Å². The Morgan fingerprint density at radius 2 is 1.82 bits per heavy atom. The number of nitrogens with zero attached hydrogens (tertiary/aromatic N) is 1. The van der Waals surface area contributed by atoms with E-state index in [0.717, 1.165) is 35.4 Å². The third-order valence-electron chi connectivity index (χ3n) is 7.34. The minimum absolute atomic E-state index is 0.0651. The summed E-state index contributed by atoms with van der Waals surface area (Å²) in [6.45, 7) is 0.428. The molecule has 1 fully saturated rings. The number of methoxy groups -OCH3 is 1. The highest BCUT2D eigenvalue weighted by Crippen LogP contribution is 2.30. The molecule has 4 rings (SSSR count). The maximum absolute atomic E-state index is 13.7. The van der Waals surface area contributed by atoms with E-state index in [1.54, 1.807) is 7.11 Å². The molecule has 2 aliphatic rings. The Labute approximate surface area is 202 Å². The van der Waals surface area contributed by atoms with Gasteiger partial charge in [0, 0.05) is 5.69 Å². The van der Waals surface area contributed by atoms with E-state index < -0.39 is 18.1 Å². The minimum Gasteiger partial charge on any atom is -0.497 e. The lowest BCUT2D eigenvalue weighted by molar-refractivity contribution is -0.140. The Kier molecular flexibility index (Phi) is 8.22. The van der Waals surface area contributed by atoms with Crippen molar-refractivity contribution < 1.29 is 19.4 Å². The zero-order chi connectivity index (χ0) is 23.9. The number of carboxylic acids is 1. The Morgan fingerprint density at radius 3 is 2.53 bits per heavy atom. The number of benzene rings is 2. The van der Waals surface area contributed by atoms with Crippen molar-refractivity contribution in [2.45, 2.75) is 76.4 Å². The van der Waals surface area contributed by atoms with Crippen LogP contribution in [0.2, 0.25) is 0 Å². The number of carbonyl (C=O) groups excluding carboxylic acids is 1. The van der Waals surface area contributed by atoms with Gasteiger partial charge in [-0.05, 0) is 60.9 Å². The third kappa shape index (κ3) is 5.98. The van der Waals surface area contributed by atoms with Crippen LogP contribution < -0.4 is 15.0 Å². The summed E-state index contributed by atoms with van der Waals surface area (Å²) in [4.78, 5) is 27.6. The molecule has 34 heavy (non-hydrogen) atoms. The molecular weight excluding hydrogens is 428 g/mol. The van der Waals surface area contributed by atoms with Crippen LogP contribution >= 0.6 is 0 Å². The van der Waals surface area contributed by atoms with Crippen molar-refractivity contribution >= 4 is 17.6 Å². The van der Waals surface area contributed by atoms with Crippen LogP contribution in [0.1, 0.15) is 62.5 Å². The number of rotatable bonds is 9. The maximum atomic E-state index is 13.7. The van der Waals surface area contributed by atoms with Gasteiger partial charge >= 0.3 is 5.97 Å². The Morgan fingerprint density at radius 1 is 1.09 bits per heavy atom. The first-order valence-electron chi connectivity index (χ1n) is 12.6. The van der Waals surface area contributed by atoms with Gasteiger partial charge in [0.15, 0.2) is 0 Å². The lowest BCUT2D eigenvalue weighted by atomic mass is 9.85. The third-order valence-corrected chi connectivity index (χ3v) is 7.34. The average molecular weight is 465 g/mol. The molecule has 6 heteroatoms. The number of aliphatic carboxylic acids is 1. The highest BCUT2D eigenvalue weighted by Gasteiger charge is 2.33. The summed E-state index contributed by atoms with van der Waals surface area (Å²) < 4.78 is 5.26. The van der Waals surface area contributed by atoms with Crippen molar-refractivity contribution in [2.75, 3.05) is 12.0 Å². The molecule has 1 aliphatic carbocycles. The van der Waals surface area contributed by atoms with Gasteiger partial charge in [-0.1, -0.05) is 62.4 Å². The summed E-state index contributed by atoms with van der Waals surface area (Å²) in [5.41, 5.74) is 3.01. The predicted octanol–water partition coefficient (Wildman–Crippen LogP) is 4.95. The van der Waals surface area contributed by atoms with Crippen LogP contribution in [0.5, 0.6) is 5.75 Å². The highest BCUT2D eigenvalue weighted by molar-refractivity contribution is 5.98. The number of amides is 1. The lowest BCUT2D eigenvalue weighted by Crippen LogP contribution is -2.51. The molecule has 0 bridgehead atoms. The molecule has 0 aromatic heterocycles. The fourth-order valence-electron chi connectivity index (χ4n) is 5.35. The monoisotopic (exact) mass is 464 g/mol. The van der Waals surface area contributed by atoms with E-state index in [0.29, 0.717) is 25.3 Å². The number of aryl methyl sites for hydroxylation is 1. The summed E-state index contributed by atoms with van der Waals surface area (Å²) in [6.07, 6.45) is 8.95. The standard InChI is InChI=1S/C28H36N2O4/c1-34-23-15-11-21(12-16-23)19-30-26-10-6-5-9-22(26)14-18-24(27(30)31)29-25(28(32)33)17-13-20-7-3-2-4-8-20/h5-6,9-12,15-16,20,24-25,29H,2-4,7-8,13-14,17-19H2,1H3,(H,32,33)/t24-,25+/m1/s1. The van der Waals surface area contributed by atoms with Gasteiger partial charge in [0.2, 0.25) is 5.91 Å². The number of carbonyl (C=O) groups is 2. The summed E-state index contributed by atoms with van der Waals surface area (Å²) >= 11 is 0. The van der Waals surface area contributed by atoms with Gasteiger partial charge in [-0.25, -0.2) is 0 Å². The predicted molar refractivity (Wildman–Crippen MR) is 133 cm³/mol. The van der Waals surface area contributed by atoms with E-state index in [1.165, 1.54) is 32.1 Å². The number of nitrogens with one attached hydrogen (secondary N) is 1. The highest BCUT2D eigenvalue weighted by atomic mass is 16.5. The van der Waals surface area contributed by atoms with E-state index in [1.807, 2.05) is 47.4 Å². The van der Waals surface area contributed by atoms with E-state index >= 15 is 0 Å². The number of hydrogen-bond acceptors (Lipinski definition) is 4. The van der Waals surface area contributed by atoms with E-state index in [4.69, 9.17) is 4.74 Å². The van der Waals surface area contributed by atoms with Gasteiger partial charge in [0.25, 0.3) is 0 Å². The van der Waals surface area contributed by atoms with Crippen molar-refractivity contribution in [1.82, 2.24) is 5.32 Å². The van der Waals surface area contributed by atoms with Gasteiger partial charge < -0.3 is 14.7 Å². The second-order valence-corrected chi connectivity index (χ2v) is 9.63. The molecule has 0 spiro atoms. The topological polar surface area (TPSA) is 78.9 Å². The van der Waals surface area contributed by atoms with E-state index in [9.17, 15) is 14.7 Å². The molecule has 1 saturated carbocycles. The first kappa shape index (κ1) is 24.3. The molecule has 0 radical (unpaired) electrons. The van der Waals surface area contributed by atoms with Crippen molar-refractivity contribution in [3.63, 3.8) is 0 Å². The summed E-state index contributed by atoms with van der Waals surface area (Å²) in [6, 6.07) is 14.5. The first-order valence-corrected chi connectivity index (χ1v) is 12.6. The van der Waals surface area contributed by atoms with E-state index in [2.05, 4.69) is 11.4 Å². The van der Waals surface area contributed by atoms with Crippen LogP contribution in [-0.4, -0.2) is 36.2 Å². The van der Waals surface area contributed by atoms with E-state index in [-0.39, 0.29) is 5.91 Å². The Hall–Kier alpha value is -2.86. The molecule has 2 atom stereocenters. The summed E-state index contributed by atoms with van der Waals surface area (Å²) in [5.74, 6) is 0.447. The Balaban J connectivity index is 1.50. The molecule has 1 aliphatic heterocycles. The van der Waals surface area contributed by atoms with Crippen LogP contribution in [0.4, 0.5) is 5.69 Å².